The standard InChI is InChI=1S/C22H29O4P.Li.H/c1-13-9-15(22(3,4)5)10-14(2)19(13)21(23)27-20-17(25-7)11-16(24-6)12-18(20)26-8;;/h9-12,27H,1-8H3;;. The maximum absolute atomic E-state index is 13.2. The first kappa shape index (κ1) is 24.6. The van der Waals surface area contributed by atoms with E-state index in [0.717, 1.165) is 22.0 Å². The van der Waals surface area contributed by atoms with Gasteiger partial charge in [-0.05, 0) is 44.5 Å². The van der Waals surface area contributed by atoms with E-state index >= 15 is 0 Å². The average Bonchev–Trinajstić information content (AvgIpc) is 2.60. The monoisotopic (exact) mass is 396 g/mol. The van der Waals surface area contributed by atoms with Gasteiger partial charge < -0.3 is 14.2 Å². The van der Waals surface area contributed by atoms with Crippen molar-refractivity contribution in [2.45, 2.75) is 40.0 Å². The van der Waals surface area contributed by atoms with Crippen molar-refractivity contribution < 1.29 is 19.0 Å². The Bertz CT molecular complexity index is 808. The fourth-order valence-corrected chi connectivity index (χ4v) is 4.40. The fraction of sp³-hybridized carbons (Fsp3) is 0.409. The molecule has 0 amide bonds. The minimum absolute atomic E-state index is 0. The molecule has 0 fully saturated rings. The van der Waals surface area contributed by atoms with Crippen LogP contribution in [0.4, 0.5) is 0 Å². The summed E-state index contributed by atoms with van der Waals surface area (Å²) in [4.78, 5) is 13.2. The molecule has 28 heavy (non-hydrogen) atoms. The average molecular weight is 396 g/mol. The van der Waals surface area contributed by atoms with Crippen LogP contribution in [0.1, 0.15) is 47.8 Å². The Balaban J connectivity index is 0.00000392. The number of hydrogen-bond acceptors (Lipinski definition) is 4. The summed E-state index contributed by atoms with van der Waals surface area (Å²) in [7, 11) is 4.65. The molecule has 1 atom stereocenters. The summed E-state index contributed by atoms with van der Waals surface area (Å²) in [5, 5.41) is 0.754. The van der Waals surface area contributed by atoms with Crippen molar-refractivity contribution in [3.63, 3.8) is 0 Å². The van der Waals surface area contributed by atoms with Gasteiger partial charge in [0.1, 0.15) is 17.2 Å². The Morgan fingerprint density at radius 1 is 0.857 bits per heavy atom. The summed E-state index contributed by atoms with van der Waals surface area (Å²) in [6, 6.07) is 7.79. The van der Waals surface area contributed by atoms with Gasteiger partial charge in [0.2, 0.25) is 0 Å². The van der Waals surface area contributed by atoms with Crippen LogP contribution in [0.3, 0.4) is 0 Å². The van der Waals surface area contributed by atoms with Gasteiger partial charge in [0, 0.05) is 17.7 Å². The van der Waals surface area contributed by atoms with Crippen molar-refractivity contribution >= 4 is 38.3 Å². The Labute approximate surface area is 182 Å². The molecule has 2 aromatic carbocycles. The zero-order valence-electron chi connectivity index (χ0n) is 17.4. The second-order valence-corrected chi connectivity index (χ2v) is 8.80. The van der Waals surface area contributed by atoms with Crippen molar-refractivity contribution in [2.75, 3.05) is 21.3 Å². The molecule has 2 aromatic rings. The topological polar surface area (TPSA) is 44.8 Å². The van der Waals surface area contributed by atoms with E-state index in [-0.39, 0.29) is 38.4 Å². The molecule has 0 heterocycles. The van der Waals surface area contributed by atoms with E-state index in [1.807, 2.05) is 13.8 Å². The number of hydrogen-bond donors (Lipinski definition) is 0. The minimum atomic E-state index is -0.103. The first-order chi connectivity index (χ1) is 12.6. The molecule has 0 N–H and O–H groups in total. The number of rotatable bonds is 6. The van der Waals surface area contributed by atoms with Crippen LogP contribution in [0.15, 0.2) is 24.3 Å². The van der Waals surface area contributed by atoms with Gasteiger partial charge in [-0.2, -0.15) is 0 Å². The molecule has 6 heteroatoms. The van der Waals surface area contributed by atoms with Crippen LogP contribution in [0, 0.1) is 13.8 Å². The van der Waals surface area contributed by atoms with Crippen molar-refractivity contribution in [2.24, 2.45) is 0 Å². The van der Waals surface area contributed by atoms with Crippen molar-refractivity contribution in [1.82, 2.24) is 0 Å². The van der Waals surface area contributed by atoms with E-state index < -0.39 is 0 Å². The summed E-state index contributed by atoms with van der Waals surface area (Å²) in [5.41, 5.74) is 4.14. The summed E-state index contributed by atoms with van der Waals surface area (Å²) < 4.78 is 16.3. The molecule has 0 aromatic heterocycles. The summed E-state index contributed by atoms with van der Waals surface area (Å²) >= 11 is 0. The van der Waals surface area contributed by atoms with E-state index in [9.17, 15) is 4.79 Å². The van der Waals surface area contributed by atoms with Gasteiger partial charge in [-0.25, -0.2) is 0 Å². The van der Waals surface area contributed by atoms with E-state index in [2.05, 4.69) is 32.9 Å². The fourth-order valence-electron chi connectivity index (χ4n) is 3.06. The van der Waals surface area contributed by atoms with Gasteiger partial charge >= 0.3 is 18.9 Å². The van der Waals surface area contributed by atoms with Crippen LogP contribution < -0.4 is 19.5 Å². The molecular weight excluding hydrogens is 366 g/mol. The summed E-state index contributed by atoms with van der Waals surface area (Å²) in [5.74, 6) is 1.82. The number of carbonyl (C=O) groups is 1. The first-order valence-electron chi connectivity index (χ1n) is 8.85. The normalized spacial score (nSPS) is 11.3. The predicted molar refractivity (Wildman–Crippen MR) is 120 cm³/mol. The second-order valence-electron chi connectivity index (χ2n) is 7.60. The predicted octanol–water partition coefficient (Wildman–Crippen LogP) is 4.12. The number of carbonyl (C=O) groups excluding carboxylic acids is 1. The van der Waals surface area contributed by atoms with Gasteiger partial charge in [0.15, 0.2) is 5.52 Å². The molecule has 0 saturated heterocycles. The molecule has 0 radical (unpaired) electrons. The molecule has 0 aliphatic carbocycles. The third kappa shape index (κ3) is 5.32. The third-order valence-electron chi connectivity index (χ3n) is 4.58. The molecule has 4 nitrogen and oxygen atoms in total. The Kier molecular flexibility index (Phi) is 8.63. The molecule has 0 spiro atoms. The van der Waals surface area contributed by atoms with Crippen molar-refractivity contribution in [3.05, 3.63) is 46.5 Å². The van der Waals surface area contributed by atoms with Crippen molar-refractivity contribution in [1.29, 1.82) is 0 Å². The Hall–Kier alpha value is -1.46. The number of aryl methyl sites for hydroxylation is 2. The van der Waals surface area contributed by atoms with Gasteiger partial charge in [-0.1, -0.05) is 32.9 Å². The van der Waals surface area contributed by atoms with Gasteiger partial charge in [-0.15, -0.1) is 0 Å². The van der Waals surface area contributed by atoms with Gasteiger partial charge in [-0.3, -0.25) is 4.79 Å². The zero-order valence-corrected chi connectivity index (χ0v) is 18.4. The number of benzene rings is 2. The van der Waals surface area contributed by atoms with E-state index in [4.69, 9.17) is 14.2 Å². The van der Waals surface area contributed by atoms with E-state index in [0.29, 0.717) is 17.2 Å². The molecule has 1 unspecified atom stereocenters. The van der Waals surface area contributed by atoms with Gasteiger partial charge in [0.25, 0.3) is 0 Å². The van der Waals surface area contributed by atoms with Crippen LogP contribution in [0.25, 0.3) is 0 Å². The maximum atomic E-state index is 13.2. The van der Waals surface area contributed by atoms with Crippen LogP contribution in [-0.2, 0) is 5.41 Å². The Morgan fingerprint density at radius 3 is 1.68 bits per heavy atom. The van der Waals surface area contributed by atoms with Crippen LogP contribution in [-0.4, -0.2) is 45.7 Å². The number of methoxy groups -OCH3 is 3. The molecule has 0 aliphatic heterocycles. The molecule has 0 saturated carbocycles. The summed E-state index contributed by atoms with van der Waals surface area (Å²) in [6.07, 6.45) is 0. The molecule has 0 aliphatic rings. The molecule has 0 bridgehead atoms. The van der Waals surface area contributed by atoms with Crippen LogP contribution >= 0.6 is 8.58 Å². The van der Waals surface area contributed by atoms with Crippen LogP contribution in [0.2, 0.25) is 0 Å². The zero-order chi connectivity index (χ0) is 20.4. The summed E-state index contributed by atoms with van der Waals surface area (Å²) in [6.45, 7) is 10.5. The molecule has 148 valence electrons. The molecular formula is C22H30LiO4P. The Morgan fingerprint density at radius 2 is 1.32 bits per heavy atom. The van der Waals surface area contributed by atoms with Crippen LogP contribution in [0.5, 0.6) is 17.2 Å². The SMILES string of the molecule is COc1cc(OC)c(PC(=O)c2c(C)cc(C(C)(C)C)cc2C)c(OC)c1.[LiH]. The second kappa shape index (κ2) is 9.84. The quantitative estimate of drug-likeness (QED) is 0.544. The third-order valence-corrected chi connectivity index (χ3v) is 5.80. The first-order valence-corrected chi connectivity index (χ1v) is 9.85. The number of ether oxygens (including phenoxy) is 3. The van der Waals surface area contributed by atoms with E-state index in [1.165, 1.54) is 5.56 Å². The van der Waals surface area contributed by atoms with Crippen molar-refractivity contribution in [3.8, 4) is 17.2 Å². The van der Waals surface area contributed by atoms with E-state index in [1.54, 1.807) is 33.5 Å². The molecule has 2 rings (SSSR count). The van der Waals surface area contributed by atoms with Gasteiger partial charge in [0.05, 0.1) is 26.6 Å².